The molecule has 5 nitrogen and oxygen atoms in total. The maximum absolute atomic E-state index is 13.8. The van der Waals surface area contributed by atoms with Crippen LogP contribution >= 0.6 is 11.8 Å². The molecule has 0 unspecified atom stereocenters. The predicted molar refractivity (Wildman–Crippen MR) is 71.7 cm³/mol. The first-order valence-electron chi connectivity index (χ1n) is 5.48. The fourth-order valence-corrected chi connectivity index (χ4v) is 2.42. The molecule has 0 radical (unpaired) electrons. The third-order valence-electron chi connectivity index (χ3n) is 2.53. The average molecular weight is 280 g/mol. The third-order valence-corrected chi connectivity index (χ3v) is 3.53. The van der Waals surface area contributed by atoms with Gasteiger partial charge in [0.15, 0.2) is 5.84 Å². The molecule has 0 saturated carbocycles. The molecule has 0 fully saturated rings. The Balaban J connectivity index is 2.09. The fraction of sp³-hybridized carbons (Fsp3) is 0.167. The Morgan fingerprint density at radius 2 is 2.37 bits per heavy atom. The van der Waals surface area contributed by atoms with Crippen LogP contribution in [0.5, 0.6) is 0 Å². The molecular formula is C12H13FN4OS. The largest absolute Gasteiger partial charge is 0.409 e. The van der Waals surface area contributed by atoms with Crippen molar-refractivity contribution < 1.29 is 9.60 Å². The number of oxime groups is 1. The van der Waals surface area contributed by atoms with Gasteiger partial charge in [0.2, 0.25) is 0 Å². The average Bonchev–Trinajstić information content (AvgIpc) is 2.82. The van der Waals surface area contributed by atoms with Gasteiger partial charge in [-0.3, -0.25) is 4.68 Å². The maximum atomic E-state index is 13.8. The lowest BCUT2D eigenvalue weighted by Crippen LogP contribution is -2.13. The highest BCUT2D eigenvalue weighted by Gasteiger charge is 2.07. The zero-order chi connectivity index (χ0) is 13.8. The first-order chi connectivity index (χ1) is 9.10. The zero-order valence-corrected chi connectivity index (χ0v) is 11.1. The molecule has 3 N–H and O–H groups in total. The van der Waals surface area contributed by atoms with E-state index in [0.29, 0.717) is 16.9 Å². The van der Waals surface area contributed by atoms with Crippen molar-refractivity contribution in [2.45, 2.75) is 10.6 Å². The Bertz CT molecular complexity index is 612. The molecule has 1 aromatic carbocycles. The van der Waals surface area contributed by atoms with Gasteiger partial charge in [-0.05, 0) is 11.6 Å². The summed E-state index contributed by atoms with van der Waals surface area (Å²) in [4.78, 5) is 0.974. The SMILES string of the molecule is Cn1cc(SCc2ccc(C(N)=NO)cc2F)cn1. The second-order valence-electron chi connectivity index (χ2n) is 3.93. The normalized spacial score (nSPS) is 11.8. The van der Waals surface area contributed by atoms with Crippen LogP contribution in [0, 0.1) is 5.82 Å². The van der Waals surface area contributed by atoms with E-state index in [4.69, 9.17) is 10.9 Å². The monoisotopic (exact) mass is 280 g/mol. The van der Waals surface area contributed by atoms with Crippen molar-refractivity contribution in [3.63, 3.8) is 0 Å². The summed E-state index contributed by atoms with van der Waals surface area (Å²) in [5.74, 6) is 0.0133. The van der Waals surface area contributed by atoms with Gasteiger partial charge in [0.1, 0.15) is 5.82 Å². The van der Waals surface area contributed by atoms with Crippen molar-refractivity contribution >= 4 is 17.6 Å². The van der Waals surface area contributed by atoms with Gasteiger partial charge in [-0.25, -0.2) is 4.39 Å². The van der Waals surface area contributed by atoms with Crippen LogP contribution in [-0.4, -0.2) is 20.8 Å². The quantitative estimate of drug-likeness (QED) is 0.295. The van der Waals surface area contributed by atoms with E-state index < -0.39 is 0 Å². The molecule has 0 spiro atoms. The van der Waals surface area contributed by atoms with Gasteiger partial charge < -0.3 is 10.9 Å². The first-order valence-corrected chi connectivity index (χ1v) is 6.46. The molecule has 1 aromatic heterocycles. The number of nitrogens with two attached hydrogens (primary N) is 1. The molecule has 2 rings (SSSR count). The minimum Gasteiger partial charge on any atom is -0.409 e. The van der Waals surface area contributed by atoms with Crippen LogP contribution in [0.1, 0.15) is 11.1 Å². The molecule has 100 valence electrons. The summed E-state index contributed by atoms with van der Waals surface area (Å²) in [6.45, 7) is 0. The molecule has 2 aromatic rings. The van der Waals surface area contributed by atoms with E-state index in [1.54, 1.807) is 23.0 Å². The molecule has 0 atom stereocenters. The van der Waals surface area contributed by atoms with Crippen molar-refractivity contribution in [2.75, 3.05) is 0 Å². The summed E-state index contributed by atoms with van der Waals surface area (Å²) in [6.07, 6.45) is 3.60. The number of thioether (sulfide) groups is 1. The highest BCUT2D eigenvalue weighted by molar-refractivity contribution is 7.98. The summed E-state index contributed by atoms with van der Waals surface area (Å²) in [6, 6.07) is 4.51. The molecule has 19 heavy (non-hydrogen) atoms. The topological polar surface area (TPSA) is 76.4 Å². The van der Waals surface area contributed by atoms with E-state index in [2.05, 4.69) is 10.3 Å². The Hall–Kier alpha value is -2.02. The Labute approximate surface area is 113 Å². The van der Waals surface area contributed by atoms with E-state index in [9.17, 15) is 4.39 Å². The zero-order valence-electron chi connectivity index (χ0n) is 10.2. The van der Waals surface area contributed by atoms with Crippen molar-refractivity contribution in [1.82, 2.24) is 9.78 Å². The van der Waals surface area contributed by atoms with Crippen LogP contribution in [-0.2, 0) is 12.8 Å². The molecule has 0 bridgehead atoms. The van der Waals surface area contributed by atoms with Crippen molar-refractivity contribution in [1.29, 1.82) is 0 Å². The van der Waals surface area contributed by atoms with E-state index >= 15 is 0 Å². The number of hydrogen-bond donors (Lipinski definition) is 2. The summed E-state index contributed by atoms with van der Waals surface area (Å²) < 4.78 is 15.5. The maximum Gasteiger partial charge on any atom is 0.170 e. The summed E-state index contributed by atoms with van der Waals surface area (Å²) >= 11 is 1.49. The van der Waals surface area contributed by atoms with Gasteiger partial charge in [0, 0.05) is 29.5 Å². The predicted octanol–water partition coefficient (Wildman–Crippen LogP) is 1.95. The lowest BCUT2D eigenvalue weighted by atomic mass is 10.1. The second kappa shape index (κ2) is 5.75. The number of benzene rings is 1. The van der Waals surface area contributed by atoms with Crippen LogP contribution in [0.15, 0.2) is 40.6 Å². The van der Waals surface area contributed by atoms with Gasteiger partial charge in [-0.1, -0.05) is 17.3 Å². The van der Waals surface area contributed by atoms with Gasteiger partial charge in [0.25, 0.3) is 0 Å². The van der Waals surface area contributed by atoms with Crippen LogP contribution < -0.4 is 5.73 Å². The van der Waals surface area contributed by atoms with Crippen LogP contribution in [0.25, 0.3) is 0 Å². The summed E-state index contributed by atoms with van der Waals surface area (Å²) in [7, 11) is 1.83. The Morgan fingerprint density at radius 3 is 2.95 bits per heavy atom. The Kier molecular flexibility index (Phi) is 4.06. The van der Waals surface area contributed by atoms with Crippen LogP contribution in [0.4, 0.5) is 4.39 Å². The number of aromatic nitrogens is 2. The van der Waals surface area contributed by atoms with Crippen molar-refractivity contribution in [3.8, 4) is 0 Å². The number of amidine groups is 1. The second-order valence-corrected chi connectivity index (χ2v) is 4.98. The molecule has 1 heterocycles. The van der Waals surface area contributed by atoms with E-state index in [1.165, 1.54) is 17.8 Å². The van der Waals surface area contributed by atoms with E-state index in [0.717, 1.165) is 4.90 Å². The standard InChI is InChI=1S/C12H13FN4OS/c1-17-6-10(5-15-17)19-7-9-3-2-8(4-11(9)13)12(14)16-18/h2-6,18H,7H2,1H3,(H2,14,16). The molecule has 7 heteroatoms. The van der Waals surface area contributed by atoms with Gasteiger partial charge in [-0.2, -0.15) is 5.10 Å². The van der Waals surface area contributed by atoms with Crippen LogP contribution in [0.3, 0.4) is 0 Å². The first kappa shape index (κ1) is 13.4. The molecule has 0 aliphatic rings. The number of halogens is 1. The lowest BCUT2D eigenvalue weighted by molar-refractivity contribution is 0.318. The number of rotatable bonds is 4. The van der Waals surface area contributed by atoms with Gasteiger partial charge >= 0.3 is 0 Å². The number of aryl methyl sites for hydroxylation is 1. The number of hydrogen-bond acceptors (Lipinski definition) is 4. The van der Waals surface area contributed by atoms with Gasteiger partial charge in [0.05, 0.1) is 6.20 Å². The Morgan fingerprint density at radius 1 is 1.58 bits per heavy atom. The highest BCUT2D eigenvalue weighted by atomic mass is 32.2. The van der Waals surface area contributed by atoms with Crippen molar-refractivity contribution in [3.05, 3.63) is 47.5 Å². The highest BCUT2D eigenvalue weighted by Crippen LogP contribution is 2.23. The van der Waals surface area contributed by atoms with E-state index in [1.807, 2.05) is 13.2 Å². The fourth-order valence-electron chi connectivity index (χ4n) is 1.52. The smallest absolute Gasteiger partial charge is 0.170 e. The minimum absolute atomic E-state index is 0.106. The molecular weight excluding hydrogens is 267 g/mol. The molecule has 0 amide bonds. The third kappa shape index (κ3) is 3.25. The summed E-state index contributed by atoms with van der Waals surface area (Å²) in [5, 5.41) is 15.4. The summed E-state index contributed by atoms with van der Waals surface area (Å²) in [5.41, 5.74) is 6.31. The van der Waals surface area contributed by atoms with E-state index in [-0.39, 0.29) is 11.7 Å². The van der Waals surface area contributed by atoms with Crippen molar-refractivity contribution in [2.24, 2.45) is 17.9 Å². The molecule has 0 saturated heterocycles. The molecule has 0 aliphatic heterocycles. The lowest BCUT2D eigenvalue weighted by Gasteiger charge is -2.04. The van der Waals surface area contributed by atoms with Crippen LogP contribution in [0.2, 0.25) is 0 Å². The minimum atomic E-state index is -0.375. The van der Waals surface area contributed by atoms with Gasteiger partial charge in [-0.15, -0.1) is 11.8 Å². The molecule has 0 aliphatic carbocycles. The number of nitrogens with zero attached hydrogens (tertiary/aromatic N) is 3.